The van der Waals surface area contributed by atoms with E-state index in [9.17, 15) is 18.5 Å². The van der Waals surface area contributed by atoms with Crippen LogP contribution in [0.2, 0.25) is 0 Å². The van der Waals surface area contributed by atoms with Crippen molar-refractivity contribution in [1.82, 2.24) is 10.2 Å². The van der Waals surface area contributed by atoms with E-state index in [0.29, 0.717) is 5.01 Å². The van der Waals surface area contributed by atoms with E-state index in [-0.39, 0.29) is 22.8 Å². The SMILES string of the molecule is CS(=O)(=O)c1ccc(NCc2nnc(-c3ccccc3)s2)c([N+](=O)[O-])c1. The number of rotatable bonds is 6. The highest BCUT2D eigenvalue weighted by atomic mass is 32.2. The molecule has 0 fully saturated rings. The molecule has 0 aliphatic carbocycles. The molecule has 10 heteroatoms. The molecule has 3 rings (SSSR count). The Bertz CT molecular complexity index is 1050. The minimum Gasteiger partial charge on any atom is -0.373 e. The van der Waals surface area contributed by atoms with Gasteiger partial charge in [0.25, 0.3) is 5.69 Å². The lowest BCUT2D eigenvalue weighted by atomic mass is 10.2. The van der Waals surface area contributed by atoms with Gasteiger partial charge in [0, 0.05) is 17.9 Å². The molecule has 2 aromatic carbocycles. The first-order chi connectivity index (χ1) is 12.3. The van der Waals surface area contributed by atoms with Crippen LogP contribution in [-0.4, -0.2) is 29.8 Å². The molecular formula is C16H14N4O4S2. The van der Waals surface area contributed by atoms with Crippen molar-refractivity contribution in [2.24, 2.45) is 0 Å². The molecule has 8 nitrogen and oxygen atoms in total. The van der Waals surface area contributed by atoms with E-state index in [0.717, 1.165) is 22.9 Å². The van der Waals surface area contributed by atoms with Gasteiger partial charge in [0.2, 0.25) is 0 Å². The zero-order chi connectivity index (χ0) is 18.7. The molecular weight excluding hydrogens is 376 g/mol. The van der Waals surface area contributed by atoms with Crippen LogP contribution in [0.15, 0.2) is 53.4 Å². The van der Waals surface area contributed by atoms with Crippen molar-refractivity contribution in [2.75, 3.05) is 11.6 Å². The van der Waals surface area contributed by atoms with Crippen LogP contribution in [0.1, 0.15) is 5.01 Å². The van der Waals surface area contributed by atoms with E-state index in [1.165, 1.54) is 23.5 Å². The summed E-state index contributed by atoms with van der Waals surface area (Å²) in [5.74, 6) is 0. The Morgan fingerprint density at radius 2 is 1.88 bits per heavy atom. The number of benzene rings is 2. The standard InChI is InChI=1S/C16H14N4O4S2/c1-26(23,24)12-7-8-13(14(9-12)20(21)22)17-10-15-18-19-16(25-15)11-5-3-2-4-6-11/h2-9,17H,10H2,1H3. The normalized spacial score (nSPS) is 11.3. The van der Waals surface area contributed by atoms with E-state index in [4.69, 9.17) is 0 Å². The lowest BCUT2D eigenvalue weighted by Gasteiger charge is -2.06. The van der Waals surface area contributed by atoms with Crippen LogP contribution in [0.4, 0.5) is 11.4 Å². The third-order valence-electron chi connectivity index (χ3n) is 3.51. The van der Waals surface area contributed by atoms with Crippen LogP contribution < -0.4 is 5.32 Å². The van der Waals surface area contributed by atoms with Crippen molar-refractivity contribution in [3.05, 3.63) is 63.7 Å². The lowest BCUT2D eigenvalue weighted by molar-refractivity contribution is -0.384. The number of nitro benzene ring substituents is 1. The van der Waals surface area contributed by atoms with Crippen LogP contribution >= 0.6 is 11.3 Å². The second kappa shape index (κ2) is 7.18. The molecule has 3 aromatic rings. The molecule has 0 saturated heterocycles. The van der Waals surface area contributed by atoms with Gasteiger partial charge in [-0.05, 0) is 12.1 Å². The highest BCUT2D eigenvalue weighted by Gasteiger charge is 2.19. The largest absolute Gasteiger partial charge is 0.373 e. The summed E-state index contributed by atoms with van der Waals surface area (Å²) in [5, 5.41) is 23.8. The molecule has 0 saturated carbocycles. The molecule has 0 spiro atoms. The maximum absolute atomic E-state index is 11.6. The maximum Gasteiger partial charge on any atom is 0.293 e. The number of anilines is 1. The Labute approximate surface area is 153 Å². The van der Waals surface area contributed by atoms with Gasteiger partial charge in [-0.25, -0.2) is 8.42 Å². The molecule has 0 bridgehead atoms. The van der Waals surface area contributed by atoms with Crippen LogP contribution in [0.5, 0.6) is 0 Å². The summed E-state index contributed by atoms with van der Waals surface area (Å²) in [6.07, 6.45) is 1.01. The van der Waals surface area contributed by atoms with E-state index in [1.54, 1.807) is 0 Å². The Kier molecular flexibility index (Phi) is 4.96. The van der Waals surface area contributed by atoms with Gasteiger partial charge in [0.15, 0.2) is 9.84 Å². The van der Waals surface area contributed by atoms with Crippen molar-refractivity contribution >= 4 is 32.5 Å². The van der Waals surface area contributed by atoms with Crippen molar-refractivity contribution in [1.29, 1.82) is 0 Å². The molecule has 134 valence electrons. The molecule has 1 N–H and O–H groups in total. The van der Waals surface area contributed by atoms with Crippen molar-refractivity contribution in [2.45, 2.75) is 11.4 Å². The summed E-state index contributed by atoms with van der Waals surface area (Å²) < 4.78 is 23.2. The molecule has 1 heterocycles. The van der Waals surface area contributed by atoms with Crippen LogP contribution in [0.3, 0.4) is 0 Å². The fourth-order valence-corrected chi connectivity index (χ4v) is 3.66. The van der Waals surface area contributed by atoms with Gasteiger partial charge in [-0.1, -0.05) is 41.7 Å². The monoisotopic (exact) mass is 390 g/mol. The van der Waals surface area contributed by atoms with E-state index >= 15 is 0 Å². The Morgan fingerprint density at radius 1 is 1.15 bits per heavy atom. The second-order valence-electron chi connectivity index (χ2n) is 5.43. The first-order valence-corrected chi connectivity index (χ1v) is 10.2. The summed E-state index contributed by atoms with van der Waals surface area (Å²) in [6, 6.07) is 13.3. The Morgan fingerprint density at radius 3 is 2.54 bits per heavy atom. The van der Waals surface area contributed by atoms with E-state index < -0.39 is 14.8 Å². The number of nitrogens with one attached hydrogen (secondary N) is 1. The summed E-state index contributed by atoms with van der Waals surface area (Å²) in [5.41, 5.74) is 0.860. The number of hydrogen-bond donors (Lipinski definition) is 1. The fourth-order valence-electron chi connectivity index (χ4n) is 2.24. The molecule has 26 heavy (non-hydrogen) atoms. The maximum atomic E-state index is 11.6. The highest BCUT2D eigenvalue weighted by molar-refractivity contribution is 7.90. The second-order valence-corrected chi connectivity index (χ2v) is 8.51. The van der Waals surface area contributed by atoms with E-state index in [2.05, 4.69) is 15.5 Å². The molecule has 0 aliphatic rings. The Hall–Kier alpha value is -2.85. The van der Waals surface area contributed by atoms with Gasteiger partial charge in [0.1, 0.15) is 15.7 Å². The minimum absolute atomic E-state index is 0.1000. The molecule has 0 radical (unpaired) electrons. The summed E-state index contributed by atoms with van der Waals surface area (Å²) in [7, 11) is -3.52. The summed E-state index contributed by atoms with van der Waals surface area (Å²) in [6.45, 7) is 0.240. The van der Waals surface area contributed by atoms with Crippen molar-refractivity contribution in [3.63, 3.8) is 0 Å². The third-order valence-corrected chi connectivity index (χ3v) is 5.59. The Balaban J connectivity index is 1.80. The number of sulfone groups is 1. The quantitative estimate of drug-likeness (QED) is 0.508. The number of nitro groups is 1. The van der Waals surface area contributed by atoms with Gasteiger partial charge in [-0.2, -0.15) is 0 Å². The zero-order valence-corrected chi connectivity index (χ0v) is 15.3. The van der Waals surface area contributed by atoms with Gasteiger partial charge in [-0.3, -0.25) is 10.1 Å². The fraction of sp³-hybridized carbons (Fsp3) is 0.125. The van der Waals surface area contributed by atoms with Gasteiger partial charge in [-0.15, -0.1) is 10.2 Å². The average molecular weight is 390 g/mol. The molecule has 1 aromatic heterocycles. The lowest BCUT2D eigenvalue weighted by Crippen LogP contribution is -2.04. The molecule has 0 amide bonds. The first-order valence-electron chi connectivity index (χ1n) is 7.45. The van der Waals surface area contributed by atoms with Crippen LogP contribution in [0, 0.1) is 10.1 Å². The topological polar surface area (TPSA) is 115 Å². The molecule has 0 aliphatic heterocycles. The summed E-state index contributed by atoms with van der Waals surface area (Å²) in [4.78, 5) is 10.5. The van der Waals surface area contributed by atoms with Crippen molar-refractivity contribution in [3.8, 4) is 10.6 Å². The van der Waals surface area contributed by atoms with Gasteiger partial charge < -0.3 is 5.32 Å². The predicted octanol–water partition coefficient (Wildman–Crippen LogP) is 3.13. The highest BCUT2D eigenvalue weighted by Crippen LogP contribution is 2.29. The van der Waals surface area contributed by atoms with Crippen LogP contribution in [-0.2, 0) is 16.4 Å². The van der Waals surface area contributed by atoms with Crippen LogP contribution in [0.25, 0.3) is 10.6 Å². The molecule has 0 atom stereocenters. The average Bonchev–Trinajstić information content (AvgIpc) is 3.08. The van der Waals surface area contributed by atoms with E-state index in [1.807, 2.05) is 30.3 Å². The third kappa shape index (κ3) is 4.03. The zero-order valence-electron chi connectivity index (χ0n) is 13.6. The summed E-state index contributed by atoms with van der Waals surface area (Å²) >= 11 is 1.38. The first kappa shape index (κ1) is 18.0. The number of aromatic nitrogens is 2. The minimum atomic E-state index is -3.52. The number of nitrogens with zero attached hydrogens (tertiary/aromatic N) is 3. The molecule has 0 unspecified atom stereocenters. The predicted molar refractivity (Wildman–Crippen MR) is 98.9 cm³/mol. The van der Waals surface area contributed by atoms with Gasteiger partial charge >= 0.3 is 0 Å². The number of hydrogen-bond acceptors (Lipinski definition) is 8. The van der Waals surface area contributed by atoms with Crippen molar-refractivity contribution < 1.29 is 13.3 Å². The van der Waals surface area contributed by atoms with Gasteiger partial charge in [0.05, 0.1) is 16.4 Å². The smallest absolute Gasteiger partial charge is 0.293 e.